The van der Waals surface area contributed by atoms with Gasteiger partial charge in [-0.3, -0.25) is 14.3 Å². The van der Waals surface area contributed by atoms with Crippen LogP contribution in [0.25, 0.3) is 21.8 Å². The number of H-pyrrole nitrogens is 1. The van der Waals surface area contributed by atoms with Gasteiger partial charge in [-0.25, -0.2) is 4.39 Å². The van der Waals surface area contributed by atoms with Crippen LogP contribution in [0.15, 0.2) is 47.5 Å². The number of anilines is 2. The first-order valence-corrected chi connectivity index (χ1v) is 10.2. The van der Waals surface area contributed by atoms with Crippen LogP contribution in [0.5, 0.6) is 5.75 Å². The van der Waals surface area contributed by atoms with Crippen molar-refractivity contribution in [2.45, 2.75) is 30.4 Å². The maximum Gasteiger partial charge on any atom is 0.160 e. The minimum Gasteiger partial charge on any atom is -0.495 e. The molecule has 0 aliphatic rings. The molecular formula is C21H21FN4O2S. The second kappa shape index (κ2) is 7.11. The minimum atomic E-state index is -1.29. The van der Waals surface area contributed by atoms with E-state index in [9.17, 15) is 8.60 Å². The van der Waals surface area contributed by atoms with E-state index in [1.54, 1.807) is 31.5 Å². The number of rotatable bonds is 4. The smallest absolute Gasteiger partial charge is 0.160 e. The third-order valence-corrected chi connectivity index (χ3v) is 6.39. The molecule has 2 aromatic heterocycles. The molecule has 0 amide bonds. The van der Waals surface area contributed by atoms with Crippen LogP contribution >= 0.6 is 0 Å². The quantitative estimate of drug-likeness (QED) is 0.498. The van der Waals surface area contributed by atoms with Crippen LogP contribution < -0.4 is 10.1 Å². The van der Waals surface area contributed by atoms with Crippen molar-refractivity contribution in [2.24, 2.45) is 0 Å². The van der Waals surface area contributed by atoms with Crippen molar-refractivity contribution in [1.29, 1.82) is 0 Å². The van der Waals surface area contributed by atoms with Gasteiger partial charge in [-0.1, -0.05) is 0 Å². The Labute approximate surface area is 169 Å². The number of hydrogen-bond acceptors (Lipinski definition) is 5. The average Bonchev–Trinajstić information content (AvgIpc) is 3.07. The summed E-state index contributed by atoms with van der Waals surface area (Å²) >= 11 is 0. The van der Waals surface area contributed by atoms with E-state index in [0.717, 1.165) is 16.6 Å². The lowest BCUT2D eigenvalue weighted by Crippen LogP contribution is -2.22. The van der Waals surface area contributed by atoms with Gasteiger partial charge in [0, 0.05) is 27.8 Å². The third kappa shape index (κ3) is 3.55. The molecule has 6 nitrogen and oxygen atoms in total. The van der Waals surface area contributed by atoms with E-state index < -0.39 is 15.5 Å². The number of methoxy groups -OCH3 is 1. The molecule has 2 heterocycles. The third-order valence-electron chi connectivity index (χ3n) is 4.56. The number of aromatic amines is 1. The van der Waals surface area contributed by atoms with Gasteiger partial charge in [-0.15, -0.1) is 0 Å². The van der Waals surface area contributed by atoms with Crippen LogP contribution in [0.3, 0.4) is 0 Å². The lowest BCUT2D eigenvalue weighted by atomic mass is 10.1. The molecule has 1 unspecified atom stereocenters. The molecule has 29 heavy (non-hydrogen) atoms. The molecule has 2 aromatic carbocycles. The summed E-state index contributed by atoms with van der Waals surface area (Å²) in [7, 11) is 0.260. The zero-order valence-corrected chi connectivity index (χ0v) is 17.4. The molecule has 0 radical (unpaired) electrons. The average molecular weight is 412 g/mol. The summed E-state index contributed by atoms with van der Waals surface area (Å²) < 4.78 is 31.8. The number of halogens is 1. The first kappa shape index (κ1) is 19.3. The molecule has 0 aliphatic heterocycles. The summed E-state index contributed by atoms with van der Waals surface area (Å²) in [5.74, 6) is 0.693. The number of fused-ring (bicyclic) bond motifs is 2. The molecule has 0 bridgehead atoms. The van der Waals surface area contributed by atoms with Crippen LogP contribution in [0.2, 0.25) is 0 Å². The van der Waals surface area contributed by atoms with Gasteiger partial charge in [0.2, 0.25) is 0 Å². The largest absolute Gasteiger partial charge is 0.495 e. The van der Waals surface area contributed by atoms with Crippen molar-refractivity contribution < 1.29 is 13.3 Å². The minimum absolute atomic E-state index is 0.339. The standard InChI is InChI=1S/C21H21FN4O2S/c1-21(2,3)29(27)19-10-13-15(7-8-23-17(13)11-18(19)28-4)24-20-14-9-12(22)5-6-16(14)25-26-20/h5-11H,1-4H3,(H2,23,24,25,26). The van der Waals surface area contributed by atoms with Gasteiger partial charge in [0.1, 0.15) is 11.6 Å². The van der Waals surface area contributed by atoms with Crippen LogP contribution in [0.4, 0.5) is 15.9 Å². The SMILES string of the molecule is COc1cc2nccc(Nc3n[nH]c4ccc(F)cc34)c2cc1S(=O)C(C)(C)C. The normalized spacial score (nSPS) is 13.0. The molecule has 150 valence electrons. The fourth-order valence-electron chi connectivity index (χ4n) is 3.11. The Hall–Kier alpha value is -3.00. The Morgan fingerprint density at radius 1 is 1.14 bits per heavy atom. The number of benzene rings is 2. The number of nitrogens with one attached hydrogen (secondary N) is 2. The summed E-state index contributed by atoms with van der Waals surface area (Å²) in [6.45, 7) is 5.75. The Bertz CT molecular complexity index is 1250. The number of pyridine rings is 1. The predicted molar refractivity (Wildman–Crippen MR) is 114 cm³/mol. The van der Waals surface area contributed by atoms with E-state index in [-0.39, 0.29) is 5.82 Å². The second-order valence-corrected chi connectivity index (χ2v) is 9.85. The summed E-state index contributed by atoms with van der Waals surface area (Å²) in [6.07, 6.45) is 1.67. The highest BCUT2D eigenvalue weighted by Gasteiger charge is 2.25. The molecule has 4 rings (SSSR count). The summed E-state index contributed by atoms with van der Waals surface area (Å²) in [4.78, 5) is 5.01. The summed E-state index contributed by atoms with van der Waals surface area (Å²) in [5, 5.41) is 11.8. The van der Waals surface area contributed by atoms with Crippen LogP contribution in [-0.4, -0.2) is 31.2 Å². The maximum atomic E-state index is 13.7. The van der Waals surface area contributed by atoms with Gasteiger partial charge in [0.25, 0.3) is 0 Å². The number of hydrogen-bond donors (Lipinski definition) is 2. The summed E-state index contributed by atoms with van der Waals surface area (Å²) in [6, 6.07) is 9.86. The number of nitrogens with zero attached hydrogens (tertiary/aromatic N) is 2. The van der Waals surface area contributed by atoms with Gasteiger partial charge in [0.05, 0.1) is 39.5 Å². The number of ether oxygens (including phenoxy) is 1. The van der Waals surface area contributed by atoms with Crippen molar-refractivity contribution in [3.05, 3.63) is 48.4 Å². The summed E-state index contributed by atoms with van der Waals surface area (Å²) in [5.41, 5.74) is 2.14. The van der Waals surface area contributed by atoms with Gasteiger partial charge in [-0.2, -0.15) is 5.10 Å². The monoisotopic (exact) mass is 412 g/mol. The molecule has 0 spiro atoms. The fourth-order valence-corrected chi connectivity index (χ4v) is 4.32. The van der Waals surface area contributed by atoms with Gasteiger partial charge < -0.3 is 10.1 Å². The highest BCUT2D eigenvalue weighted by molar-refractivity contribution is 7.86. The molecule has 2 N–H and O–H groups in total. The van der Waals surface area contributed by atoms with Crippen LogP contribution in [0.1, 0.15) is 20.8 Å². The van der Waals surface area contributed by atoms with E-state index in [1.807, 2.05) is 26.8 Å². The maximum absolute atomic E-state index is 13.7. The van der Waals surface area contributed by atoms with E-state index >= 15 is 0 Å². The van der Waals surface area contributed by atoms with Crippen LogP contribution in [0, 0.1) is 5.82 Å². The van der Waals surface area contributed by atoms with E-state index in [4.69, 9.17) is 4.74 Å². The lowest BCUT2D eigenvalue weighted by Gasteiger charge is -2.20. The van der Waals surface area contributed by atoms with Crippen LogP contribution in [-0.2, 0) is 10.8 Å². The molecule has 0 saturated carbocycles. The topological polar surface area (TPSA) is 79.9 Å². The highest BCUT2D eigenvalue weighted by atomic mass is 32.2. The lowest BCUT2D eigenvalue weighted by molar-refractivity contribution is 0.404. The zero-order chi connectivity index (χ0) is 20.8. The first-order chi connectivity index (χ1) is 13.8. The molecule has 8 heteroatoms. The molecule has 0 aliphatic carbocycles. The molecular weight excluding hydrogens is 391 g/mol. The van der Waals surface area contributed by atoms with Crippen molar-refractivity contribution in [1.82, 2.24) is 15.2 Å². The molecule has 1 atom stereocenters. The fraction of sp³-hybridized carbons (Fsp3) is 0.238. The first-order valence-electron chi connectivity index (χ1n) is 9.07. The highest BCUT2D eigenvalue weighted by Crippen LogP contribution is 2.36. The van der Waals surface area contributed by atoms with Gasteiger partial charge in [-0.05, 0) is 51.1 Å². The van der Waals surface area contributed by atoms with Crippen molar-refractivity contribution >= 4 is 44.1 Å². The second-order valence-electron chi connectivity index (χ2n) is 7.65. The predicted octanol–water partition coefficient (Wildman–Crippen LogP) is 4.91. The Morgan fingerprint density at radius 2 is 1.93 bits per heavy atom. The Balaban J connectivity index is 1.86. The molecule has 0 saturated heterocycles. The molecule has 4 aromatic rings. The van der Waals surface area contributed by atoms with Crippen molar-refractivity contribution in [3.63, 3.8) is 0 Å². The van der Waals surface area contributed by atoms with Gasteiger partial charge >= 0.3 is 0 Å². The van der Waals surface area contributed by atoms with Crippen molar-refractivity contribution in [2.75, 3.05) is 12.4 Å². The Kier molecular flexibility index (Phi) is 4.74. The molecule has 0 fully saturated rings. The van der Waals surface area contributed by atoms with Crippen molar-refractivity contribution in [3.8, 4) is 5.75 Å². The Morgan fingerprint density at radius 3 is 2.66 bits per heavy atom. The van der Waals surface area contributed by atoms with E-state index in [2.05, 4.69) is 20.5 Å². The van der Waals surface area contributed by atoms with E-state index in [0.29, 0.717) is 27.4 Å². The zero-order valence-electron chi connectivity index (χ0n) is 16.5. The van der Waals surface area contributed by atoms with E-state index in [1.165, 1.54) is 12.1 Å². The number of aromatic nitrogens is 3. The van der Waals surface area contributed by atoms with Gasteiger partial charge in [0.15, 0.2) is 5.82 Å².